The number of carbonyl (C=O) groups excluding carboxylic acids is 1. The maximum absolute atomic E-state index is 11.1. The Hall–Kier alpha value is -1.62. The molecule has 15 heavy (non-hydrogen) atoms. The van der Waals surface area contributed by atoms with Crippen molar-refractivity contribution in [3.05, 3.63) is 31.1 Å². The van der Waals surface area contributed by atoms with Crippen molar-refractivity contribution in [1.29, 1.82) is 0 Å². The summed E-state index contributed by atoms with van der Waals surface area (Å²) in [5.74, 6) is -0.218. The van der Waals surface area contributed by atoms with E-state index in [-0.39, 0.29) is 18.0 Å². The minimum atomic E-state index is -0.444. The van der Waals surface area contributed by atoms with E-state index in [2.05, 4.69) is 17.0 Å². The maximum atomic E-state index is 11.1. The topological polar surface area (TPSA) is 67.2 Å². The van der Waals surface area contributed by atoms with E-state index in [4.69, 9.17) is 0 Å². The zero-order valence-corrected chi connectivity index (χ0v) is 8.21. The molecule has 0 saturated heterocycles. The van der Waals surface area contributed by atoms with Crippen molar-refractivity contribution in [2.75, 3.05) is 0 Å². The smallest absolute Gasteiger partial charge is 0.243 e. The Morgan fingerprint density at radius 3 is 3.07 bits per heavy atom. The fourth-order valence-corrected chi connectivity index (χ4v) is 1.81. The van der Waals surface area contributed by atoms with Crippen molar-refractivity contribution in [3.8, 4) is 0 Å². The van der Waals surface area contributed by atoms with Gasteiger partial charge in [0.15, 0.2) is 0 Å². The average Bonchev–Trinajstić information content (AvgIpc) is 2.69. The lowest BCUT2D eigenvalue weighted by Gasteiger charge is -2.41. The average molecular weight is 207 g/mol. The normalized spacial score (nSPS) is 29.3. The summed E-state index contributed by atoms with van der Waals surface area (Å²) in [5, 5.41) is 16.4. The molecule has 2 rings (SSSR count). The second-order valence-electron chi connectivity index (χ2n) is 3.60. The van der Waals surface area contributed by atoms with Crippen LogP contribution in [0.4, 0.5) is 0 Å². The van der Waals surface area contributed by atoms with Gasteiger partial charge in [-0.2, -0.15) is 5.10 Å². The molecule has 0 aliphatic heterocycles. The Morgan fingerprint density at radius 2 is 2.53 bits per heavy atom. The van der Waals surface area contributed by atoms with Gasteiger partial charge >= 0.3 is 0 Å². The van der Waals surface area contributed by atoms with Gasteiger partial charge in [0.25, 0.3) is 0 Å². The Bertz CT molecular complexity index is 361. The summed E-state index contributed by atoms with van der Waals surface area (Å²) in [6.45, 7) is 3.38. The van der Waals surface area contributed by atoms with Gasteiger partial charge in [0.05, 0.1) is 18.2 Å². The van der Waals surface area contributed by atoms with Crippen molar-refractivity contribution >= 4 is 5.91 Å². The van der Waals surface area contributed by atoms with Crippen LogP contribution in [-0.4, -0.2) is 32.9 Å². The molecule has 1 aromatic heterocycles. The summed E-state index contributed by atoms with van der Waals surface area (Å²) >= 11 is 0. The molecule has 1 aliphatic carbocycles. The number of carbonyl (C=O) groups is 1. The van der Waals surface area contributed by atoms with E-state index in [1.54, 1.807) is 23.1 Å². The minimum Gasteiger partial charge on any atom is -0.391 e. The zero-order chi connectivity index (χ0) is 10.8. The lowest BCUT2D eigenvalue weighted by Crippen LogP contribution is -2.55. The van der Waals surface area contributed by atoms with Crippen molar-refractivity contribution in [1.82, 2.24) is 15.1 Å². The standard InChI is InChI=1S/C10H13N3O2/c1-2-9(15)12-7-6-8(14)10(7)13-5-3-4-11-13/h2-5,7-8,10,14H,1,6H2,(H,12,15). The van der Waals surface area contributed by atoms with Crippen LogP contribution in [0.1, 0.15) is 12.5 Å². The Kier molecular flexibility index (Phi) is 2.55. The molecular formula is C10H13N3O2. The first kappa shape index (κ1) is 9.92. The summed E-state index contributed by atoms with van der Waals surface area (Å²) < 4.78 is 1.67. The van der Waals surface area contributed by atoms with Crippen molar-refractivity contribution < 1.29 is 9.90 Å². The predicted molar refractivity (Wildman–Crippen MR) is 54.0 cm³/mol. The molecule has 80 valence electrons. The number of rotatable bonds is 3. The fraction of sp³-hybridized carbons (Fsp3) is 0.400. The molecule has 1 saturated carbocycles. The van der Waals surface area contributed by atoms with E-state index in [1.807, 2.05) is 0 Å². The van der Waals surface area contributed by atoms with Crippen LogP contribution >= 0.6 is 0 Å². The van der Waals surface area contributed by atoms with Crippen LogP contribution in [0.5, 0.6) is 0 Å². The summed E-state index contributed by atoms with van der Waals surface area (Å²) in [6, 6.07) is 1.56. The van der Waals surface area contributed by atoms with Crippen LogP contribution in [0, 0.1) is 0 Å². The SMILES string of the molecule is C=CC(=O)NC1CC(O)C1n1cccn1. The maximum Gasteiger partial charge on any atom is 0.243 e. The quantitative estimate of drug-likeness (QED) is 0.678. The van der Waals surface area contributed by atoms with Crippen LogP contribution in [0.2, 0.25) is 0 Å². The number of amides is 1. The predicted octanol–water partition coefficient (Wildman–Crippen LogP) is -0.140. The molecule has 2 N–H and O–H groups in total. The highest BCUT2D eigenvalue weighted by atomic mass is 16.3. The largest absolute Gasteiger partial charge is 0.391 e. The number of aliphatic hydroxyl groups is 1. The third kappa shape index (κ3) is 1.78. The van der Waals surface area contributed by atoms with Crippen molar-refractivity contribution in [2.24, 2.45) is 0 Å². The number of hydrogen-bond acceptors (Lipinski definition) is 3. The van der Waals surface area contributed by atoms with Crippen LogP contribution in [0.15, 0.2) is 31.1 Å². The highest BCUT2D eigenvalue weighted by Gasteiger charge is 2.42. The summed E-state index contributed by atoms with van der Waals surface area (Å²) in [4.78, 5) is 11.1. The number of aromatic nitrogens is 2. The van der Waals surface area contributed by atoms with Gasteiger partial charge in [-0.05, 0) is 18.6 Å². The molecule has 1 amide bonds. The third-order valence-corrected chi connectivity index (χ3v) is 2.65. The van der Waals surface area contributed by atoms with Gasteiger partial charge in [0.1, 0.15) is 0 Å². The molecule has 0 bridgehead atoms. The van der Waals surface area contributed by atoms with Gasteiger partial charge in [-0.25, -0.2) is 0 Å². The number of aliphatic hydroxyl groups excluding tert-OH is 1. The molecular weight excluding hydrogens is 194 g/mol. The van der Waals surface area contributed by atoms with Crippen LogP contribution < -0.4 is 5.32 Å². The van der Waals surface area contributed by atoms with Gasteiger partial charge in [-0.3, -0.25) is 9.48 Å². The van der Waals surface area contributed by atoms with Gasteiger partial charge in [0.2, 0.25) is 5.91 Å². The van der Waals surface area contributed by atoms with Gasteiger partial charge in [-0.15, -0.1) is 0 Å². The Morgan fingerprint density at radius 1 is 1.73 bits per heavy atom. The second kappa shape index (κ2) is 3.86. The monoisotopic (exact) mass is 207 g/mol. The lowest BCUT2D eigenvalue weighted by atomic mass is 9.83. The molecule has 5 nitrogen and oxygen atoms in total. The number of nitrogens with one attached hydrogen (secondary N) is 1. The molecule has 0 aromatic carbocycles. The summed E-state index contributed by atoms with van der Waals surface area (Å²) in [6.07, 6.45) is 4.77. The molecule has 3 unspecified atom stereocenters. The van der Waals surface area contributed by atoms with Crippen LogP contribution in [0.3, 0.4) is 0 Å². The second-order valence-corrected chi connectivity index (χ2v) is 3.60. The van der Waals surface area contributed by atoms with E-state index >= 15 is 0 Å². The molecule has 1 aliphatic rings. The molecule has 3 atom stereocenters. The van der Waals surface area contributed by atoms with Gasteiger partial charge < -0.3 is 10.4 Å². The molecule has 1 aromatic rings. The molecule has 0 spiro atoms. The first-order valence-electron chi connectivity index (χ1n) is 4.82. The van der Waals surface area contributed by atoms with E-state index in [1.165, 1.54) is 6.08 Å². The third-order valence-electron chi connectivity index (χ3n) is 2.65. The highest BCUT2D eigenvalue weighted by molar-refractivity contribution is 5.87. The molecule has 0 radical (unpaired) electrons. The first-order chi connectivity index (χ1) is 7.22. The molecule has 1 heterocycles. The summed E-state index contributed by atoms with van der Waals surface area (Å²) in [7, 11) is 0. The van der Waals surface area contributed by atoms with Gasteiger partial charge in [-0.1, -0.05) is 6.58 Å². The van der Waals surface area contributed by atoms with Crippen molar-refractivity contribution in [2.45, 2.75) is 24.6 Å². The van der Waals surface area contributed by atoms with Crippen molar-refractivity contribution in [3.63, 3.8) is 0 Å². The summed E-state index contributed by atoms with van der Waals surface area (Å²) in [5.41, 5.74) is 0. The van der Waals surface area contributed by atoms with Crippen LogP contribution in [-0.2, 0) is 4.79 Å². The van der Waals surface area contributed by atoms with Crippen LogP contribution in [0.25, 0.3) is 0 Å². The highest BCUT2D eigenvalue weighted by Crippen LogP contribution is 2.32. The van der Waals surface area contributed by atoms with E-state index in [0.29, 0.717) is 6.42 Å². The Balaban J connectivity index is 2.04. The lowest BCUT2D eigenvalue weighted by molar-refractivity contribution is -0.119. The van der Waals surface area contributed by atoms with E-state index in [9.17, 15) is 9.90 Å². The molecule has 1 fully saturated rings. The Labute approximate surface area is 87.4 Å². The number of nitrogens with zero attached hydrogens (tertiary/aromatic N) is 2. The fourth-order valence-electron chi connectivity index (χ4n) is 1.81. The van der Waals surface area contributed by atoms with E-state index < -0.39 is 6.10 Å². The minimum absolute atomic E-state index is 0.0644. The number of hydrogen-bond donors (Lipinski definition) is 2. The van der Waals surface area contributed by atoms with Gasteiger partial charge in [0, 0.05) is 12.4 Å². The molecule has 5 heteroatoms. The first-order valence-corrected chi connectivity index (χ1v) is 4.82. The van der Waals surface area contributed by atoms with E-state index in [0.717, 1.165) is 0 Å². The zero-order valence-electron chi connectivity index (χ0n) is 8.21.